The van der Waals surface area contributed by atoms with Gasteiger partial charge in [-0.3, -0.25) is 4.79 Å². The molecular formula is C21H20ClFN4O2. The van der Waals surface area contributed by atoms with Crippen LogP contribution >= 0.6 is 11.6 Å². The Morgan fingerprint density at radius 1 is 1.17 bits per heavy atom. The average molecular weight is 415 g/mol. The summed E-state index contributed by atoms with van der Waals surface area (Å²) < 4.78 is 18.2. The normalized spacial score (nSPS) is 13.7. The van der Waals surface area contributed by atoms with Crippen molar-refractivity contribution in [3.63, 3.8) is 0 Å². The molecule has 150 valence electrons. The van der Waals surface area contributed by atoms with Crippen LogP contribution in [0.15, 0.2) is 47.0 Å². The Hall–Kier alpha value is -2.93. The third-order valence-corrected chi connectivity index (χ3v) is 5.05. The molecule has 1 amide bonds. The second-order valence-electron chi connectivity index (χ2n) is 6.92. The van der Waals surface area contributed by atoms with E-state index in [1.165, 1.54) is 12.1 Å². The second-order valence-corrected chi connectivity index (χ2v) is 7.36. The van der Waals surface area contributed by atoms with Crippen molar-refractivity contribution < 1.29 is 13.7 Å². The van der Waals surface area contributed by atoms with E-state index in [-0.39, 0.29) is 18.1 Å². The zero-order chi connectivity index (χ0) is 20.2. The van der Waals surface area contributed by atoms with Crippen LogP contribution in [0.1, 0.15) is 25.2 Å². The highest BCUT2D eigenvalue weighted by molar-refractivity contribution is 6.31. The largest absolute Gasteiger partial charge is 0.370 e. The summed E-state index contributed by atoms with van der Waals surface area (Å²) in [4.78, 5) is 19.0. The summed E-state index contributed by atoms with van der Waals surface area (Å²) in [5.74, 6) is 0.231. The average Bonchev–Trinajstić information content (AvgIpc) is 3.39. The fourth-order valence-electron chi connectivity index (χ4n) is 3.35. The molecule has 4 rings (SSSR count). The lowest BCUT2D eigenvalue weighted by Crippen LogP contribution is -2.21. The Bertz CT molecular complexity index is 1000. The fourth-order valence-corrected chi connectivity index (χ4v) is 3.52. The van der Waals surface area contributed by atoms with Crippen LogP contribution in [0, 0.1) is 5.82 Å². The first-order valence-corrected chi connectivity index (χ1v) is 9.89. The van der Waals surface area contributed by atoms with E-state index in [2.05, 4.69) is 20.4 Å². The molecule has 0 aliphatic carbocycles. The van der Waals surface area contributed by atoms with E-state index in [9.17, 15) is 9.18 Å². The Morgan fingerprint density at radius 2 is 1.93 bits per heavy atom. The van der Waals surface area contributed by atoms with Gasteiger partial charge in [-0.15, -0.1) is 0 Å². The van der Waals surface area contributed by atoms with E-state index in [4.69, 9.17) is 16.1 Å². The van der Waals surface area contributed by atoms with Crippen LogP contribution in [-0.2, 0) is 11.2 Å². The van der Waals surface area contributed by atoms with Crippen molar-refractivity contribution in [2.24, 2.45) is 0 Å². The van der Waals surface area contributed by atoms with Gasteiger partial charge in [0.15, 0.2) is 0 Å². The highest BCUT2D eigenvalue weighted by Crippen LogP contribution is 2.31. The maximum Gasteiger partial charge on any atom is 0.227 e. The zero-order valence-electron chi connectivity index (χ0n) is 15.7. The standard InChI is InChI=1S/C21H20ClFN4O2/c22-15-5-8-18(27-11-1-2-12-27)17(13-15)24-19(28)9-10-20-25-21(26-29-20)14-3-6-16(23)7-4-14/h3-8,13H,1-2,9-12H2,(H,24,28). The molecule has 0 radical (unpaired) electrons. The number of hydrogen-bond donors (Lipinski definition) is 1. The first-order chi connectivity index (χ1) is 14.1. The van der Waals surface area contributed by atoms with Crippen LogP contribution in [0.4, 0.5) is 15.8 Å². The summed E-state index contributed by atoms with van der Waals surface area (Å²) in [5.41, 5.74) is 2.35. The first-order valence-electron chi connectivity index (χ1n) is 9.51. The van der Waals surface area contributed by atoms with Crippen LogP contribution in [0.3, 0.4) is 0 Å². The van der Waals surface area contributed by atoms with Crippen molar-refractivity contribution in [3.8, 4) is 11.4 Å². The van der Waals surface area contributed by atoms with Crippen molar-refractivity contribution in [2.45, 2.75) is 25.7 Å². The number of nitrogens with one attached hydrogen (secondary N) is 1. The first kappa shape index (κ1) is 19.4. The number of carbonyl (C=O) groups is 1. The molecule has 2 aromatic carbocycles. The van der Waals surface area contributed by atoms with E-state index in [1.807, 2.05) is 12.1 Å². The van der Waals surface area contributed by atoms with Crippen molar-refractivity contribution in [1.82, 2.24) is 10.1 Å². The van der Waals surface area contributed by atoms with Gasteiger partial charge >= 0.3 is 0 Å². The highest BCUT2D eigenvalue weighted by Gasteiger charge is 2.18. The lowest BCUT2D eigenvalue weighted by Gasteiger charge is -2.21. The molecule has 1 fully saturated rings. The Morgan fingerprint density at radius 3 is 2.69 bits per heavy atom. The molecule has 0 unspecified atom stereocenters. The molecule has 0 atom stereocenters. The molecule has 1 aliphatic heterocycles. The quantitative estimate of drug-likeness (QED) is 0.633. The van der Waals surface area contributed by atoms with Crippen molar-refractivity contribution in [2.75, 3.05) is 23.3 Å². The van der Waals surface area contributed by atoms with Gasteiger partial charge < -0.3 is 14.7 Å². The number of aromatic nitrogens is 2. The number of halogens is 2. The number of aryl methyl sites for hydroxylation is 1. The van der Waals surface area contributed by atoms with Crippen LogP contribution in [0.25, 0.3) is 11.4 Å². The molecular weight excluding hydrogens is 395 g/mol. The lowest BCUT2D eigenvalue weighted by molar-refractivity contribution is -0.116. The van der Waals surface area contributed by atoms with Crippen LogP contribution < -0.4 is 10.2 Å². The number of benzene rings is 2. The third-order valence-electron chi connectivity index (χ3n) is 4.82. The minimum atomic E-state index is -0.330. The lowest BCUT2D eigenvalue weighted by atomic mass is 10.2. The van der Waals surface area contributed by atoms with Gasteiger partial charge in [0.2, 0.25) is 17.6 Å². The molecule has 0 spiro atoms. The molecule has 8 heteroatoms. The number of nitrogens with zero attached hydrogens (tertiary/aromatic N) is 3. The van der Waals surface area contributed by atoms with Crippen molar-refractivity contribution >= 4 is 28.9 Å². The fraction of sp³-hybridized carbons (Fsp3) is 0.286. The van der Waals surface area contributed by atoms with Gasteiger partial charge in [0.05, 0.1) is 11.4 Å². The Balaban J connectivity index is 1.38. The monoisotopic (exact) mass is 414 g/mol. The molecule has 0 bridgehead atoms. The number of amides is 1. The van der Waals surface area contributed by atoms with Crippen LogP contribution in [0.5, 0.6) is 0 Å². The van der Waals surface area contributed by atoms with Gasteiger partial charge in [-0.05, 0) is 55.3 Å². The van der Waals surface area contributed by atoms with Gasteiger partial charge in [-0.1, -0.05) is 16.8 Å². The maximum absolute atomic E-state index is 13.0. The minimum absolute atomic E-state index is 0.158. The van der Waals surface area contributed by atoms with Crippen molar-refractivity contribution in [3.05, 3.63) is 59.2 Å². The molecule has 1 aliphatic rings. The summed E-state index contributed by atoms with van der Waals surface area (Å²) in [6.07, 6.45) is 2.78. The predicted molar refractivity (Wildman–Crippen MR) is 110 cm³/mol. The summed E-state index contributed by atoms with van der Waals surface area (Å²) in [5, 5.41) is 7.41. The van der Waals surface area contributed by atoms with E-state index in [1.54, 1.807) is 18.2 Å². The molecule has 2 heterocycles. The third kappa shape index (κ3) is 4.74. The summed E-state index contributed by atoms with van der Waals surface area (Å²) in [6.45, 7) is 1.94. The van der Waals surface area contributed by atoms with Gasteiger partial charge in [-0.2, -0.15) is 4.98 Å². The number of rotatable bonds is 6. The van der Waals surface area contributed by atoms with E-state index in [0.29, 0.717) is 34.4 Å². The Kier molecular flexibility index (Phi) is 5.76. The summed E-state index contributed by atoms with van der Waals surface area (Å²) in [7, 11) is 0. The number of anilines is 2. The molecule has 1 N–H and O–H groups in total. The van der Waals surface area contributed by atoms with E-state index >= 15 is 0 Å². The molecule has 3 aromatic rings. The molecule has 1 aromatic heterocycles. The number of hydrogen-bond acceptors (Lipinski definition) is 5. The second kappa shape index (κ2) is 8.61. The predicted octanol–water partition coefficient (Wildman–Crippen LogP) is 4.70. The number of carbonyl (C=O) groups excluding carboxylic acids is 1. The van der Waals surface area contributed by atoms with E-state index < -0.39 is 0 Å². The smallest absolute Gasteiger partial charge is 0.227 e. The molecule has 6 nitrogen and oxygen atoms in total. The SMILES string of the molecule is O=C(CCc1nc(-c2ccc(F)cc2)no1)Nc1cc(Cl)ccc1N1CCCC1. The van der Waals surface area contributed by atoms with Crippen LogP contribution in [-0.4, -0.2) is 29.1 Å². The highest BCUT2D eigenvalue weighted by atomic mass is 35.5. The Labute approximate surface area is 172 Å². The summed E-state index contributed by atoms with van der Waals surface area (Å²) in [6, 6.07) is 11.4. The van der Waals surface area contributed by atoms with Crippen molar-refractivity contribution in [1.29, 1.82) is 0 Å². The van der Waals surface area contributed by atoms with Gasteiger partial charge in [-0.25, -0.2) is 4.39 Å². The minimum Gasteiger partial charge on any atom is -0.370 e. The van der Waals surface area contributed by atoms with Gasteiger partial charge in [0.1, 0.15) is 5.82 Å². The van der Waals surface area contributed by atoms with Crippen LogP contribution in [0.2, 0.25) is 5.02 Å². The maximum atomic E-state index is 13.0. The van der Waals surface area contributed by atoms with Gasteiger partial charge in [0.25, 0.3) is 0 Å². The molecule has 0 saturated carbocycles. The topological polar surface area (TPSA) is 71.3 Å². The summed E-state index contributed by atoms with van der Waals surface area (Å²) >= 11 is 6.12. The van der Waals surface area contributed by atoms with Gasteiger partial charge in [0, 0.05) is 36.5 Å². The zero-order valence-corrected chi connectivity index (χ0v) is 16.5. The van der Waals surface area contributed by atoms with E-state index in [0.717, 1.165) is 31.6 Å². The molecule has 1 saturated heterocycles. The molecule has 29 heavy (non-hydrogen) atoms.